The first kappa shape index (κ1) is 37.9. The number of aliphatic hydroxyl groups excluding tert-OH is 1. The normalized spacial score (nSPS) is 27.7. The Hall–Kier alpha value is -4.93. The van der Waals surface area contributed by atoms with Gasteiger partial charge in [0, 0.05) is 39.3 Å². The molecule has 1 amide bonds. The molecular formula is C34H41NO15. The van der Waals surface area contributed by atoms with Gasteiger partial charge in [-0.05, 0) is 37.6 Å². The molecule has 2 fully saturated rings. The Bertz CT molecular complexity index is 1530. The standard InChI is InChI=1S/C34H41NO15/c1-8-11-42-25-13-22(9-10-23(25)49-34-26(45-18(4)37)14-24(50-34)17(3)36)12-16(2)33(41)35-27-28(46-19(5)38)30-31(44-15-43-30)32(48-21(7)40)29(27)47-20(6)39/h8-10,12-14,17,26-32,34,36H,1,11,15H2,2-7H3,(H,35,41)/b16-12+/t17-,26+,27+,28-,29+,30+,31+,32-,34-/m1/s1. The van der Waals surface area contributed by atoms with Crippen LogP contribution >= 0.6 is 0 Å². The Balaban J connectivity index is 1.61. The molecule has 1 aliphatic carbocycles. The van der Waals surface area contributed by atoms with Crippen LogP contribution in [0.4, 0.5) is 0 Å². The van der Waals surface area contributed by atoms with Crippen LogP contribution in [-0.4, -0.2) is 103 Å². The minimum Gasteiger partial charge on any atom is -0.486 e. The number of nitrogens with one attached hydrogen (secondary N) is 1. The zero-order valence-electron chi connectivity index (χ0n) is 28.4. The van der Waals surface area contributed by atoms with E-state index in [9.17, 15) is 29.1 Å². The molecule has 2 heterocycles. The average Bonchev–Trinajstić information content (AvgIpc) is 3.67. The van der Waals surface area contributed by atoms with E-state index >= 15 is 0 Å². The summed E-state index contributed by atoms with van der Waals surface area (Å²) in [5, 5.41) is 12.7. The molecule has 0 bridgehead atoms. The lowest BCUT2D eigenvalue weighted by Gasteiger charge is -2.45. The highest BCUT2D eigenvalue weighted by Crippen LogP contribution is 2.36. The van der Waals surface area contributed by atoms with Crippen LogP contribution in [0.3, 0.4) is 0 Å². The van der Waals surface area contributed by atoms with Crippen LogP contribution in [0.1, 0.15) is 47.1 Å². The molecule has 4 rings (SSSR count). The number of carbonyl (C=O) groups excluding carboxylic acids is 5. The Morgan fingerprint density at radius 2 is 1.50 bits per heavy atom. The van der Waals surface area contributed by atoms with Crippen LogP contribution in [-0.2, 0) is 57.1 Å². The van der Waals surface area contributed by atoms with Gasteiger partial charge in [-0.2, -0.15) is 0 Å². The summed E-state index contributed by atoms with van der Waals surface area (Å²) in [7, 11) is 0. The fraction of sp³-hybridized carbons (Fsp3) is 0.500. The molecule has 2 aliphatic heterocycles. The summed E-state index contributed by atoms with van der Waals surface area (Å²) in [6, 6.07) is 3.55. The molecule has 272 valence electrons. The van der Waals surface area contributed by atoms with E-state index < -0.39 is 84.8 Å². The summed E-state index contributed by atoms with van der Waals surface area (Å²) in [4.78, 5) is 61.7. The molecule has 0 aromatic heterocycles. The van der Waals surface area contributed by atoms with Crippen LogP contribution < -0.4 is 14.8 Å². The number of benzene rings is 1. The van der Waals surface area contributed by atoms with Crippen molar-refractivity contribution < 1.29 is 71.7 Å². The van der Waals surface area contributed by atoms with Crippen molar-refractivity contribution in [2.75, 3.05) is 13.4 Å². The number of ether oxygens (including phenoxy) is 9. The van der Waals surface area contributed by atoms with Gasteiger partial charge in [0.15, 0.2) is 35.9 Å². The highest BCUT2D eigenvalue weighted by atomic mass is 16.7. The molecule has 0 spiro atoms. The number of amides is 1. The lowest BCUT2D eigenvalue weighted by Crippen LogP contribution is -2.70. The maximum Gasteiger partial charge on any atom is 0.303 e. The third kappa shape index (κ3) is 9.40. The van der Waals surface area contributed by atoms with Crippen molar-refractivity contribution in [1.82, 2.24) is 5.32 Å². The molecule has 16 heteroatoms. The molecule has 3 aliphatic rings. The molecular weight excluding hydrogens is 662 g/mol. The van der Waals surface area contributed by atoms with Crippen LogP contribution in [0.5, 0.6) is 11.5 Å². The maximum atomic E-state index is 13.7. The molecule has 0 unspecified atom stereocenters. The first-order valence-electron chi connectivity index (χ1n) is 15.7. The van der Waals surface area contributed by atoms with Crippen molar-refractivity contribution in [2.45, 2.75) is 96.6 Å². The summed E-state index contributed by atoms with van der Waals surface area (Å²) in [6.07, 6.45) is -4.16. The van der Waals surface area contributed by atoms with E-state index in [1.165, 1.54) is 52.8 Å². The number of hydrogen-bond acceptors (Lipinski definition) is 15. The Morgan fingerprint density at radius 3 is 2.10 bits per heavy atom. The van der Waals surface area contributed by atoms with Gasteiger partial charge in [-0.3, -0.25) is 24.0 Å². The number of esters is 4. The fourth-order valence-electron chi connectivity index (χ4n) is 5.66. The van der Waals surface area contributed by atoms with E-state index in [1.807, 2.05) is 0 Å². The molecule has 1 aromatic rings. The number of aliphatic hydroxyl groups is 1. The second-order valence-electron chi connectivity index (χ2n) is 11.7. The first-order chi connectivity index (χ1) is 23.7. The lowest BCUT2D eigenvalue weighted by molar-refractivity contribution is -0.205. The van der Waals surface area contributed by atoms with E-state index in [0.717, 1.165) is 6.92 Å². The van der Waals surface area contributed by atoms with Crippen LogP contribution in [0.2, 0.25) is 0 Å². The van der Waals surface area contributed by atoms with Gasteiger partial charge in [-0.1, -0.05) is 18.7 Å². The minimum atomic E-state index is -1.31. The van der Waals surface area contributed by atoms with Crippen LogP contribution in [0.15, 0.2) is 48.3 Å². The predicted octanol–water partition coefficient (Wildman–Crippen LogP) is 1.62. The van der Waals surface area contributed by atoms with E-state index in [2.05, 4.69) is 11.9 Å². The topological polar surface area (TPSA) is 201 Å². The smallest absolute Gasteiger partial charge is 0.303 e. The fourth-order valence-corrected chi connectivity index (χ4v) is 5.66. The highest BCUT2D eigenvalue weighted by molar-refractivity contribution is 5.97. The van der Waals surface area contributed by atoms with Crippen molar-refractivity contribution in [3.63, 3.8) is 0 Å². The second-order valence-corrected chi connectivity index (χ2v) is 11.7. The van der Waals surface area contributed by atoms with Gasteiger partial charge in [0.25, 0.3) is 6.29 Å². The SMILES string of the molecule is C=CCOc1cc(/C=C(\C)C(=O)N[C@H]2[C@@H](OC(C)=O)[C@@H]3OCO[C@@H]3[C@H](OC(C)=O)[C@H]2OC(C)=O)ccc1O[C@@H]1OC([C@@H](C)O)=C[C@@H]1OC(C)=O. The first-order valence-corrected chi connectivity index (χ1v) is 15.7. The van der Waals surface area contributed by atoms with Gasteiger partial charge in [0.1, 0.15) is 43.5 Å². The van der Waals surface area contributed by atoms with Crippen molar-refractivity contribution in [2.24, 2.45) is 0 Å². The zero-order chi connectivity index (χ0) is 36.7. The van der Waals surface area contributed by atoms with Crippen molar-refractivity contribution >= 4 is 35.9 Å². The summed E-state index contributed by atoms with van der Waals surface area (Å²) in [6.45, 7) is 11.3. The molecule has 1 aromatic carbocycles. The van der Waals surface area contributed by atoms with E-state index in [4.69, 9.17) is 42.6 Å². The van der Waals surface area contributed by atoms with E-state index in [-0.39, 0.29) is 36.2 Å². The maximum absolute atomic E-state index is 13.7. The van der Waals surface area contributed by atoms with Gasteiger partial charge in [-0.15, -0.1) is 0 Å². The summed E-state index contributed by atoms with van der Waals surface area (Å²) >= 11 is 0. The van der Waals surface area contributed by atoms with Crippen molar-refractivity contribution in [3.05, 3.63) is 53.8 Å². The highest BCUT2D eigenvalue weighted by Gasteiger charge is 2.59. The summed E-state index contributed by atoms with van der Waals surface area (Å²) in [5.74, 6) is -2.76. The molecule has 1 saturated carbocycles. The molecule has 0 radical (unpaired) electrons. The largest absolute Gasteiger partial charge is 0.486 e. The lowest BCUT2D eigenvalue weighted by atomic mass is 9.82. The Labute approximate surface area is 288 Å². The van der Waals surface area contributed by atoms with Crippen LogP contribution in [0, 0.1) is 0 Å². The van der Waals surface area contributed by atoms with Gasteiger partial charge >= 0.3 is 23.9 Å². The molecule has 50 heavy (non-hydrogen) atoms. The Morgan fingerprint density at radius 1 is 0.900 bits per heavy atom. The monoisotopic (exact) mass is 703 g/mol. The molecule has 1 saturated heterocycles. The average molecular weight is 704 g/mol. The van der Waals surface area contributed by atoms with Gasteiger partial charge < -0.3 is 53.1 Å². The second kappa shape index (κ2) is 16.7. The number of rotatable bonds is 13. The van der Waals surface area contributed by atoms with Crippen molar-refractivity contribution in [1.29, 1.82) is 0 Å². The zero-order valence-corrected chi connectivity index (χ0v) is 28.4. The molecule has 16 nitrogen and oxygen atoms in total. The van der Waals surface area contributed by atoms with Gasteiger partial charge in [0.2, 0.25) is 5.91 Å². The Kier molecular flexibility index (Phi) is 12.6. The number of fused-ring (bicyclic) bond motifs is 1. The predicted molar refractivity (Wildman–Crippen MR) is 170 cm³/mol. The molecule has 2 N–H and O–H groups in total. The quantitative estimate of drug-likeness (QED) is 0.130. The van der Waals surface area contributed by atoms with Gasteiger partial charge in [0.05, 0.1) is 0 Å². The number of carbonyl (C=O) groups is 5. The third-order valence-corrected chi connectivity index (χ3v) is 7.60. The minimum absolute atomic E-state index is 0.0905. The van der Waals surface area contributed by atoms with E-state index in [0.29, 0.717) is 5.56 Å². The summed E-state index contributed by atoms with van der Waals surface area (Å²) in [5.41, 5.74) is 0.670. The van der Waals surface area contributed by atoms with E-state index in [1.54, 1.807) is 18.2 Å². The van der Waals surface area contributed by atoms with Crippen LogP contribution in [0.25, 0.3) is 6.08 Å². The van der Waals surface area contributed by atoms with Crippen molar-refractivity contribution in [3.8, 4) is 11.5 Å². The van der Waals surface area contributed by atoms with Gasteiger partial charge in [-0.25, -0.2) is 0 Å². The third-order valence-electron chi connectivity index (χ3n) is 7.60. The number of hydrogen-bond donors (Lipinski definition) is 2. The summed E-state index contributed by atoms with van der Waals surface area (Å²) < 4.78 is 50.6. The molecule has 9 atom stereocenters.